The Labute approximate surface area is 607 Å². The van der Waals surface area contributed by atoms with Gasteiger partial charge in [0.25, 0.3) is 0 Å². The Morgan fingerprint density at radius 1 is 0.242 bits per heavy atom. The van der Waals surface area contributed by atoms with Crippen molar-refractivity contribution in [2.45, 2.75) is 451 Å². The van der Waals surface area contributed by atoms with Crippen LogP contribution in [0.4, 0.5) is 0 Å². The summed E-state index contributed by atoms with van der Waals surface area (Å²) < 4.78 is 68.7. The van der Waals surface area contributed by atoms with E-state index in [1.165, 1.54) is 263 Å². The highest BCUT2D eigenvalue weighted by molar-refractivity contribution is 7.47. The smallest absolute Gasteiger partial charge is 0.462 e. The van der Waals surface area contributed by atoms with E-state index in [1.54, 1.807) is 0 Å². The minimum Gasteiger partial charge on any atom is -0.462 e. The summed E-state index contributed by atoms with van der Waals surface area (Å²) in [5.74, 6) is -2.10. The van der Waals surface area contributed by atoms with Crippen molar-refractivity contribution in [2.75, 3.05) is 39.6 Å². The fourth-order valence-electron chi connectivity index (χ4n) is 12.5. The lowest BCUT2D eigenvalue weighted by atomic mass is 10.0. The maximum atomic E-state index is 13.1. The Kier molecular flexibility index (Phi) is 72.9. The van der Waals surface area contributed by atoms with Crippen LogP contribution in [0.1, 0.15) is 432 Å². The van der Waals surface area contributed by atoms with Crippen molar-refractivity contribution in [3.8, 4) is 0 Å². The van der Waals surface area contributed by atoms with Crippen molar-refractivity contribution < 1.29 is 80.2 Å². The van der Waals surface area contributed by atoms with Crippen LogP contribution in [0.3, 0.4) is 0 Å². The Morgan fingerprint density at radius 2 is 0.404 bits per heavy atom. The van der Waals surface area contributed by atoms with E-state index in [0.29, 0.717) is 25.7 Å². The first-order valence-electron chi connectivity index (χ1n) is 41.8. The lowest BCUT2D eigenvalue weighted by Crippen LogP contribution is -2.30. The van der Waals surface area contributed by atoms with Crippen LogP contribution in [0.2, 0.25) is 0 Å². The lowest BCUT2D eigenvalue weighted by Gasteiger charge is -2.21. The van der Waals surface area contributed by atoms with Crippen molar-refractivity contribution in [3.05, 3.63) is 0 Å². The number of ether oxygens (including phenoxy) is 4. The topological polar surface area (TPSA) is 237 Å². The SMILES string of the molecule is CCCCCCCCCCCCCCCCCCCCC(=O)O[C@H](COC(=O)CCCCCCCCCCCCCCCCC)COP(=O)(O)OC[C@@H](O)COP(=O)(O)OC[C@@H](COC(=O)CCCCCCCCCCCCC)OC(=O)CCCCCCCCCCCCCCCCC. The van der Waals surface area contributed by atoms with Gasteiger partial charge in [-0.15, -0.1) is 0 Å². The number of carbonyl (C=O) groups excluding carboxylic acids is 4. The van der Waals surface area contributed by atoms with E-state index in [0.717, 1.165) is 89.9 Å². The normalized spacial score (nSPS) is 13.8. The molecular weight excluding hydrogens is 1290 g/mol. The van der Waals surface area contributed by atoms with Crippen molar-refractivity contribution in [1.29, 1.82) is 0 Å². The van der Waals surface area contributed by atoms with E-state index in [4.69, 9.17) is 37.0 Å². The molecule has 5 atom stereocenters. The molecule has 0 aromatic heterocycles. The summed E-state index contributed by atoms with van der Waals surface area (Å²) in [6, 6.07) is 0. The largest absolute Gasteiger partial charge is 0.472 e. The van der Waals surface area contributed by atoms with Gasteiger partial charge < -0.3 is 33.8 Å². The van der Waals surface area contributed by atoms with Gasteiger partial charge in [-0.2, -0.15) is 0 Å². The average Bonchev–Trinajstić information content (AvgIpc) is 1.01. The molecule has 17 nitrogen and oxygen atoms in total. The monoisotopic (exact) mass is 1450 g/mol. The van der Waals surface area contributed by atoms with Crippen LogP contribution >= 0.6 is 15.6 Å². The van der Waals surface area contributed by atoms with Crippen molar-refractivity contribution in [1.82, 2.24) is 0 Å². The summed E-state index contributed by atoms with van der Waals surface area (Å²) in [6.45, 7) is 5.03. The molecule has 0 heterocycles. The number of rotatable bonds is 81. The van der Waals surface area contributed by atoms with Gasteiger partial charge in [0.1, 0.15) is 19.3 Å². The van der Waals surface area contributed by atoms with Crippen LogP contribution in [-0.2, 0) is 65.4 Å². The molecule has 0 fully saturated rings. The third kappa shape index (κ3) is 74.1. The number of carbonyl (C=O) groups is 4. The number of phosphoric ester groups is 2. The van der Waals surface area contributed by atoms with Gasteiger partial charge in [-0.1, -0.05) is 381 Å². The van der Waals surface area contributed by atoms with Crippen LogP contribution in [0.25, 0.3) is 0 Å². The van der Waals surface area contributed by atoms with Crippen molar-refractivity contribution in [2.24, 2.45) is 0 Å². The van der Waals surface area contributed by atoms with E-state index < -0.39 is 97.5 Å². The standard InChI is InChI=1S/C80H156O17P2/c1-5-9-13-17-21-25-29-32-35-36-37-40-43-47-51-55-59-63-67-80(85)97-76(71-91-78(83)65-61-57-53-49-45-41-38-33-30-26-22-18-14-10-6-2)73-95-99(88,89)93-69-74(81)68-92-98(86,87)94-72-75(70-90-77(82)64-60-56-52-48-44-28-24-20-16-12-8-4)96-79(84)66-62-58-54-50-46-42-39-34-31-27-23-19-15-11-7-3/h74-76,81H,5-73H2,1-4H3,(H,86,87)(H,88,89)/t74-,75+,76+/m0/s1. The number of phosphoric acid groups is 2. The van der Waals surface area contributed by atoms with Crippen molar-refractivity contribution in [3.63, 3.8) is 0 Å². The molecule has 99 heavy (non-hydrogen) atoms. The Bertz CT molecular complexity index is 1880. The summed E-state index contributed by atoms with van der Waals surface area (Å²) >= 11 is 0. The van der Waals surface area contributed by atoms with E-state index >= 15 is 0 Å². The third-order valence-electron chi connectivity index (χ3n) is 18.9. The zero-order valence-corrected chi connectivity index (χ0v) is 66.3. The van der Waals surface area contributed by atoms with Crippen LogP contribution in [0.5, 0.6) is 0 Å². The van der Waals surface area contributed by atoms with Gasteiger partial charge in [0.15, 0.2) is 12.2 Å². The Balaban J connectivity index is 5.25. The van der Waals surface area contributed by atoms with Gasteiger partial charge in [-0.05, 0) is 25.7 Å². The highest BCUT2D eigenvalue weighted by atomic mass is 31.2. The summed E-state index contributed by atoms with van der Waals surface area (Å²) in [6.07, 6.45) is 66.4. The molecule has 0 aliphatic carbocycles. The van der Waals surface area contributed by atoms with E-state index in [1.807, 2.05) is 0 Å². The number of aliphatic hydroxyl groups excluding tert-OH is 1. The maximum absolute atomic E-state index is 13.1. The molecule has 0 rings (SSSR count). The minimum absolute atomic E-state index is 0.109. The first-order chi connectivity index (χ1) is 48.2. The van der Waals surface area contributed by atoms with Crippen molar-refractivity contribution >= 4 is 39.5 Å². The molecule has 0 aliphatic heterocycles. The first kappa shape index (κ1) is 97.1. The molecule has 0 aromatic carbocycles. The van der Waals surface area contributed by atoms with E-state index in [-0.39, 0.29) is 25.7 Å². The van der Waals surface area contributed by atoms with Crippen LogP contribution < -0.4 is 0 Å². The lowest BCUT2D eigenvalue weighted by molar-refractivity contribution is -0.161. The number of hydrogen-bond donors (Lipinski definition) is 3. The highest BCUT2D eigenvalue weighted by Crippen LogP contribution is 2.45. The molecule has 0 spiro atoms. The van der Waals surface area contributed by atoms with Gasteiger partial charge in [0.05, 0.1) is 26.4 Å². The summed E-state index contributed by atoms with van der Waals surface area (Å²) in [7, 11) is -9.92. The van der Waals surface area contributed by atoms with Gasteiger partial charge >= 0.3 is 39.5 Å². The zero-order valence-electron chi connectivity index (χ0n) is 64.5. The molecule has 0 aromatic rings. The first-order valence-corrected chi connectivity index (χ1v) is 44.8. The molecule has 2 unspecified atom stereocenters. The fraction of sp³-hybridized carbons (Fsp3) is 0.950. The minimum atomic E-state index is -4.96. The molecule has 0 radical (unpaired) electrons. The highest BCUT2D eigenvalue weighted by Gasteiger charge is 2.30. The number of aliphatic hydroxyl groups is 1. The molecular formula is C80H156O17P2. The van der Waals surface area contributed by atoms with E-state index in [2.05, 4.69) is 27.7 Å². The van der Waals surface area contributed by atoms with Crippen LogP contribution in [0.15, 0.2) is 0 Å². The predicted octanol–water partition coefficient (Wildman–Crippen LogP) is 24.2. The summed E-state index contributed by atoms with van der Waals surface area (Å²) in [5.41, 5.74) is 0. The second kappa shape index (κ2) is 74.3. The number of unbranched alkanes of at least 4 members (excludes halogenated alkanes) is 55. The molecule has 0 aliphatic rings. The predicted molar refractivity (Wildman–Crippen MR) is 405 cm³/mol. The molecule has 3 N–H and O–H groups in total. The Hall–Kier alpha value is -1.94. The molecule has 588 valence electrons. The molecule has 0 bridgehead atoms. The molecule has 0 saturated carbocycles. The number of hydrogen-bond acceptors (Lipinski definition) is 15. The van der Waals surface area contributed by atoms with Gasteiger partial charge in [-0.3, -0.25) is 37.3 Å². The van der Waals surface area contributed by atoms with Gasteiger partial charge in [0, 0.05) is 25.7 Å². The second-order valence-corrected chi connectivity index (χ2v) is 31.7. The van der Waals surface area contributed by atoms with Crippen LogP contribution in [0, 0.1) is 0 Å². The third-order valence-corrected chi connectivity index (χ3v) is 20.8. The molecule has 0 amide bonds. The average molecular weight is 1450 g/mol. The maximum Gasteiger partial charge on any atom is 0.472 e. The van der Waals surface area contributed by atoms with Crippen LogP contribution in [-0.4, -0.2) is 96.7 Å². The molecule has 0 saturated heterocycles. The van der Waals surface area contributed by atoms with Gasteiger partial charge in [-0.25, -0.2) is 9.13 Å². The zero-order chi connectivity index (χ0) is 72.5. The van der Waals surface area contributed by atoms with Gasteiger partial charge in [0.2, 0.25) is 0 Å². The quantitative estimate of drug-likeness (QED) is 0.0222. The summed E-state index contributed by atoms with van der Waals surface area (Å²) in [5, 5.41) is 10.6. The second-order valence-electron chi connectivity index (χ2n) is 28.8. The fourth-order valence-corrected chi connectivity index (χ4v) is 14.0. The van der Waals surface area contributed by atoms with E-state index in [9.17, 15) is 43.2 Å². The number of esters is 4. The Morgan fingerprint density at radius 3 is 0.596 bits per heavy atom. The summed E-state index contributed by atoms with van der Waals surface area (Å²) in [4.78, 5) is 73.0. The molecule has 19 heteroatoms.